The van der Waals surface area contributed by atoms with Crippen LogP contribution < -0.4 is 10.5 Å². The van der Waals surface area contributed by atoms with Crippen LogP contribution in [0, 0.1) is 5.41 Å². The Bertz CT molecular complexity index is 925. The smallest absolute Gasteiger partial charge is 0.166 e. The van der Waals surface area contributed by atoms with Crippen LogP contribution in [0.5, 0.6) is 5.75 Å². The molecule has 6 heteroatoms. The molecule has 0 amide bonds. The van der Waals surface area contributed by atoms with Crippen LogP contribution in [0.15, 0.2) is 29.5 Å². The maximum atomic E-state index is 5.90. The van der Waals surface area contributed by atoms with E-state index in [2.05, 4.69) is 37.7 Å². The molecule has 0 saturated carbocycles. The normalized spacial score (nSPS) is 14.4. The van der Waals surface area contributed by atoms with Gasteiger partial charge in [-0.05, 0) is 18.6 Å². The van der Waals surface area contributed by atoms with Gasteiger partial charge >= 0.3 is 0 Å². The van der Waals surface area contributed by atoms with Crippen molar-refractivity contribution in [1.29, 1.82) is 0 Å². The Kier molecular flexibility index (Phi) is 5.77. The lowest BCUT2D eigenvalue weighted by Gasteiger charge is -2.18. The zero-order valence-electron chi connectivity index (χ0n) is 17.4. The topological polar surface area (TPSA) is 86.3 Å². The number of ether oxygens (including phenoxy) is 1. The molecule has 0 fully saturated rings. The van der Waals surface area contributed by atoms with Gasteiger partial charge in [0.15, 0.2) is 11.6 Å². The SMILES string of the molecule is CCCCc1nccc(C2=C(c3cnc(N)c(OC)c3)N=C(C(C)(C)C)C2)n1. The number of aromatic nitrogens is 3. The molecule has 1 aliphatic rings. The number of aliphatic imine (C=N–C) groups is 1. The summed E-state index contributed by atoms with van der Waals surface area (Å²) in [5, 5.41) is 0. The average Bonchev–Trinajstić information content (AvgIpc) is 3.13. The van der Waals surface area contributed by atoms with E-state index in [0.717, 1.165) is 59.7 Å². The number of allylic oxidation sites excluding steroid dienone is 1. The summed E-state index contributed by atoms with van der Waals surface area (Å²) in [4.78, 5) is 18.5. The fourth-order valence-electron chi connectivity index (χ4n) is 3.15. The van der Waals surface area contributed by atoms with Crippen molar-refractivity contribution in [3.05, 3.63) is 41.6 Å². The Hall–Kier alpha value is -2.76. The second-order valence-electron chi connectivity index (χ2n) is 8.09. The van der Waals surface area contributed by atoms with Gasteiger partial charge < -0.3 is 10.5 Å². The first-order valence-electron chi connectivity index (χ1n) is 9.76. The van der Waals surface area contributed by atoms with Crippen molar-refractivity contribution in [1.82, 2.24) is 15.0 Å². The van der Waals surface area contributed by atoms with Crippen LogP contribution in [0.25, 0.3) is 11.3 Å². The summed E-state index contributed by atoms with van der Waals surface area (Å²) in [6.45, 7) is 8.72. The van der Waals surface area contributed by atoms with Gasteiger partial charge in [0.05, 0.1) is 18.5 Å². The molecule has 3 rings (SSSR count). The molecule has 1 aliphatic heterocycles. The van der Waals surface area contributed by atoms with Crippen molar-refractivity contribution >= 4 is 22.8 Å². The van der Waals surface area contributed by atoms with Gasteiger partial charge in [0.1, 0.15) is 5.82 Å². The highest BCUT2D eigenvalue weighted by atomic mass is 16.5. The van der Waals surface area contributed by atoms with Crippen molar-refractivity contribution in [3.8, 4) is 5.75 Å². The third-order valence-electron chi connectivity index (χ3n) is 4.89. The molecule has 2 aromatic heterocycles. The monoisotopic (exact) mass is 379 g/mol. The summed E-state index contributed by atoms with van der Waals surface area (Å²) < 4.78 is 5.36. The number of unbranched alkanes of at least 4 members (excludes halogenated alkanes) is 1. The molecule has 0 bridgehead atoms. The standard InChI is InChI=1S/C22H29N5O/c1-6-7-8-19-24-10-9-16(26-19)15-12-18(22(2,3)4)27-20(15)14-11-17(28-5)21(23)25-13-14/h9-11,13H,6-8,12H2,1-5H3,(H2,23,25). The number of rotatable bonds is 6. The zero-order valence-corrected chi connectivity index (χ0v) is 17.4. The summed E-state index contributed by atoms with van der Waals surface area (Å²) in [7, 11) is 1.59. The largest absolute Gasteiger partial charge is 0.493 e. The highest BCUT2D eigenvalue weighted by Crippen LogP contribution is 2.40. The Labute approximate surface area is 167 Å². The van der Waals surface area contributed by atoms with E-state index < -0.39 is 0 Å². The fourth-order valence-corrected chi connectivity index (χ4v) is 3.15. The minimum Gasteiger partial charge on any atom is -0.493 e. The summed E-state index contributed by atoms with van der Waals surface area (Å²) >= 11 is 0. The number of methoxy groups -OCH3 is 1. The van der Waals surface area contributed by atoms with E-state index in [1.165, 1.54) is 0 Å². The van der Waals surface area contributed by atoms with Gasteiger partial charge in [-0.1, -0.05) is 34.1 Å². The van der Waals surface area contributed by atoms with Gasteiger partial charge in [-0.2, -0.15) is 0 Å². The summed E-state index contributed by atoms with van der Waals surface area (Å²) in [5.41, 5.74) is 10.8. The van der Waals surface area contributed by atoms with Crippen LogP contribution in [-0.4, -0.2) is 27.8 Å². The third-order valence-corrected chi connectivity index (χ3v) is 4.89. The van der Waals surface area contributed by atoms with Gasteiger partial charge in [0.25, 0.3) is 0 Å². The van der Waals surface area contributed by atoms with Crippen LogP contribution in [0.4, 0.5) is 5.82 Å². The van der Waals surface area contributed by atoms with Crippen LogP contribution in [0.1, 0.15) is 64.0 Å². The predicted molar refractivity (Wildman–Crippen MR) is 114 cm³/mol. The Morgan fingerprint density at radius 2 is 2.00 bits per heavy atom. The van der Waals surface area contributed by atoms with Crippen molar-refractivity contribution in [2.75, 3.05) is 12.8 Å². The molecule has 3 heterocycles. The van der Waals surface area contributed by atoms with Gasteiger partial charge in [-0.3, -0.25) is 4.99 Å². The second kappa shape index (κ2) is 8.09. The van der Waals surface area contributed by atoms with Crippen molar-refractivity contribution < 1.29 is 4.74 Å². The van der Waals surface area contributed by atoms with E-state index >= 15 is 0 Å². The van der Waals surface area contributed by atoms with Crippen LogP contribution >= 0.6 is 0 Å². The number of nitrogens with two attached hydrogens (primary N) is 1. The molecule has 0 aliphatic carbocycles. The molecule has 2 aromatic rings. The molecule has 148 valence electrons. The number of nitrogen functional groups attached to an aromatic ring is 1. The summed E-state index contributed by atoms with van der Waals surface area (Å²) in [5.74, 6) is 1.80. The van der Waals surface area contributed by atoms with Crippen molar-refractivity contribution in [2.45, 2.75) is 53.4 Å². The molecule has 6 nitrogen and oxygen atoms in total. The predicted octanol–water partition coefficient (Wildman–Crippen LogP) is 4.56. The van der Waals surface area contributed by atoms with Gasteiger partial charge in [-0.15, -0.1) is 0 Å². The molecule has 0 aromatic carbocycles. The quantitative estimate of drug-likeness (QED) is 0.795. The number of aryl methyl sites for hydroxylation is 1. The van der Waals surface area contributed by atoms with Crippen LogP contribution in [-0.2, 0) is 6.42 Å². The van der Waals surface area contributed by atoms with Gasteiger partial charge in [0.2, 0.25) is 0 Å². The molecule has 0 spiro atoms. The lowest BCUT2D eigenvalue weighted by molar-refractivity contribution is 0.415. The van der Waals surface area contributed by atoms with E-state index in [9.17, 15) is 0 Å². The lowest BCUT2D eigenvalue weighted by Crippen LogP contribution is -2.18. The summed E-state index contributed by atoms with van der Waals surface area (Å²) in [6, 6.07) is 3.86. The fraction of sp³-hybridized carbons (Fsp3) is 0.455. The zero-order chi connectivity index (χ0) is 20.3. The minimum atomic E-state index is -0.0314. The van der Waals surface area contributed by atoms with E-state index in [1.807, 2.05) is 18.3 Å². The second-order valence-corrected chi connectivity index (χ2v) is 8.09. The maximum absolute atomic E-state index is 5.90. The highest BCUT2D eigenvalue weighted by molar-refractivity contribution is 6.11. The molecular weight excluding hydrogens is 350 g/mol. The first kappa shape index (κ1) is 20.0. The number of hydrogen-bond donors (Lipinski definition) is 1. The third kappa shape index (κ3) is 4.21. The van der Waals surface area contributed by atoms with E-state index in [0.29, 0.717) is 11.6 Å². The Balaban J connectivity index is 2.09. The lowest BCUT2D eigenvalue weighted by atomic mass is 9.86. The minimum absolute atomic E-state index is 0.0314. The molecule has 0 radical (unpaired) electrons. The number of nitrogens with zero attached hydrogens (tertiary/aromatic N) is 4. The molecular formula is C22H29N5O. The molecule has 2 N–H and O–H groups in total. The van der Waals surface area contributed by atoms with Gasteiger partial charge in [-0.25, -0.2) is 15.0 Å². The first-order chi connectivity index (χ1) is 13.3. The molecule has 28 heavy (non-hydrogen) atoms. The van der Waals surface area contributed by atoms with Crippen LogP contribution in [0.2, 0.25) is 0 Å². The Morgan fingerprint density at radius 1 is 1.21 bits per heavy atom. The number of hydrogen-bond acceptors (Lipinski definition) is 6. The first-order valence-corrected chi connectivity index (χ1v) is 9.76. The van der Waals surface area contributed by atoms with E-state index in [1.54, 1.807) is 13.3 Å². The number of pyridine rings is 1. The molecule has 0 atom stereocenters. The average molecular weight is 380 g/mol. The maximum Gasteiger partial charge on any atom is 0.166 e. The van der Waals surface area contributed by atoms with Crippen molar-refractivity contribution in [3.63, 3.8) is 0 Å². The van der Waals surface area contributed by atoms with E-state index in [4.69, 9.17) is 20.4 Å². The van der Waals surface area contributed by atoms with Crippen LogP contribution in [0.3, 0.4) is 0 Å². The Morgan fingerprint density at radius 3 is 2.68 bits per heavy atom. The van der Waals surface area contributed by atoms with Crippen molar-refractivity contribution in [2.24, 2.45) is 10.4 Å². The molecule has 0 saturated heterocycles. The highest BCUT2D eigenvalue weighted by Gasteiger charge is 2.29. The summed E-state index contributed by atoms with van der Waals surface area (Å²) in [6.07, 6.45) is 7.44. The van der Waals surface area contributed by atoms with Gasteiger partial charge in [0, 0.05) is 47.5 Å². The van der Waals surface area contributed by atoms with E-state index in [-0.39, 0.29) is 5.41 Å². The number of anilines is 1. The molecule has 0 unspecified atom stereocenters.